The number of amides is 1. The summed E-state index contributed by atoms with van der Waals surface area (Å²) in [5, 5.41) is 2.87. The number of nitrogens with zero attached hydrogens (tertiary/aromatic N) is 1. The summed E-state index contributed by atoms with van der Waals surface area (Å²) < 4.78 is 15.1. The van der Waals surface area contributed by atoms with Gasteiger partial charge in [0, 0.05) is 12.7 Å². The van der Waals surface area contributed by atoms with Crippen molar-refractivity contribution in [2.75, 3.05) is 5.73 Å². The molecule has 0 aliphatic heterocycles. The van der Waals surface area contributed by atoms with E-state index < -0.39 is 0 Å². The van der Waals surface area contributed by atoms with Gasteiger partial charge in [-0.25, -0.2) is 4.39 Å². The molecular weight excluding hydrogens is 269 g/mol. The number of aryl methyl sites for hydroxylation is 1. The van der Waals surface area contributed by atoms with Crippen LogP contribution in [0.15, 0.2) is 36.5 Å². The second kappa shape index (κ2) is 6.43. The zero-order valence-electron chi connectivity index (χ0n) is 12.3. The molecule has 112 valence electrons. The Bertz CT molecular complexity index is 636. The standard InChI is InChI=1S/C16H20FN3O/c1-3-7-20-10-14(18)9-15(20)16(21)19-11(2)12-5-4-6-13(17)8-12/h4-6,8-11H,3,7,18H2,1-2H3,(H,19,21). The first-order valence-electron chi connectivity index (χ1n) is 7.03. The second-order valence-corrected chi connectivity index (χ2v) is 5.10. The van der Waals surface area contributed by atoms with Gasteiger partial charge in [0.2, 0.25) is 0 Å². The van der Waals surface area contributed by atoms with Crippen molar-refractivity contribution in [2.24, 2.45) is 0 Å². The number of nitrogens with one attached hydrogen (secondary N) is 1. The third-order valence-electron chi connectivity index (χ3n) is 3.31. The molecule has 0 aliphatic rings. The molecule has 3 N–H and O–H groups in total. The van der Waals surface area contributed by atoms with Gasteiger partial charge in [0.25, 0.3) is 5.91 Å². The van der Waals surface area contributed by atoms with E-state index in [9.17, 15) is 9.18 Å². The smallest absolute Gasteiger partial charge is 0.268 e. The summed E-state index contributed by atoms with van der Waals surface area (Å²) >= 11 is 0. The van der Waals surface area contributed by atoms with Crippen LogP contribution >= 0.6 is 0 Å². The van der Waals surface area contributed by atoms with Crippen LogP contribution in [0, 0.1) is 5.82 Å². The lowest BCUT2D eigenvalue weighted by atomic mass is 10.1. The topological polar surface area (TPSA) is 60.0 Å². The first kappa shape index (κ1) is 15.1. The molecule has 21 heavy (non-hydrogen) atoms. The van der Waals surface area contributed by atoms with Crippen molar-refractivity contribution < 1.29 is 9.18 Å². The van der Waals surface area contributed by atoms with E-state index >= 15 is 0 Å². The van der Waals surface area contributed by atoms with E-state index in [1.165, 1.54) is 12.1 Å². The predicted molar refractivity (Wildman–Crippen MR) is 81.4 cm³/mol. The molecule has 1 aromatic heterocycles. The Kier molecular flexibility index (Phi) is 4.62. The average molecular weight is 289 g/mol. The van der Waals surface area contributed by atoms with Crippen molar-refractivity contribution in [1.29, 1.82) is 0 Å². The second-order valence-electron chi connectivity index (χ2n) is 5.10. The molecular formula is C16H20FN3O. The lowest BCUT2D eigenvalue weighted by molar-refractivity contribution is 0.0930. The van der Waals surface area contributed by atoms with Crippen molar-refractivity contribution in [3.05, 3.63) is 53.6 Å². The molecule has 4 nitrogen and oxygen atoms in total. The van der Waals surface area contributed by atoms with Crippen LogP contribution in [0.5, 0.6) is 0 Å². The Hall–Kier alpha value is -2.30. The highest BCUT2D eigenvalue weighted by Gasteiger charge is 2.16. The van der Waals surface area contributed by atoms with Crippen molar-refractivity contribution in [2.45, 2.75) is 32.9 Å². The number of carbonyl (C=O) groups excluding carboxylic acids is 1. The molecule has 1 heterocycles. The molecule has 0 fully saturated rings. The van der Waals surface area contributed by atoms with Gasteiger partial charge < -0.3 is 15.6 Å². The third-order valence-corrected chi connectivity index (χ3v) is 3.31. The number of rotatable bonds is 5. The van der Waals surface area contributed by atoms with Crippen molar-refractivity contribution in [1.82, 2.24) is 9.88 Å². The summed E-state index contributed by atoms with van der Waals surface area (Å²) in [4.78, 5) is 12.3. The van der Waals surface area contributed by atoms with E-state index in [1.807, 2.05) is 18.4 Å². The van der Waals surface area contributed by atoms with Gasteiger partial charge in [0.05, 0.1) is 11.7 Å². The number of aromatic nitrogens is 1. The van der Waals surface area contributed by atoms with E-state index in [0.29, 0.717) is 11.4 Å². The van der Waals surface area contributed by atoms with Crippen LogP contribution in [0.4, 0.5) is 10.1 Å². The van der Waals surface area contributed by atoms with Crippen LogP contribution in [0.3, 0.4) is 0 Å². The number of halogens is 1. The molecule has 1 amide bonds. The molecule has 0 radical (unpaired) electrons. The molecule has 0 bridgehead atoms. The van der Waals surface area contributed by atoms with E-state index in [4.69, 9.17) is 5.73 Å². The van der Waals surface area contributed by atoms with Crippen LogP contribution in [0.25, 0.3) is 0 Å². The highest BCUT2D eigenvalue weighted by Crippen LogP contribution is 2.16. The fourth-order valence-corrected chi connectivity index (χ4v) is 2.28. The van der Waals surface area contributed by atoms with Crippen molar-refractivity contribution in [3.63, 3.8) is 0 Å². The Morgan fingerprint density at radius 3 is 2.86 bits per heavy atom. The Labute approximate surface area is 123 Å². The minimum absolute atomic E-state index is 0.211. The largest absolute Gasteiger partial charge is 0.397 e. The number of anilines is 1. The number of benzene rings is 1. The minimum atomic E-state index is -0.313. The Balaban J connectivity index is 2.14. The van der Waals surface area contributed by atoms with Crippen molar-refractivity contribution in [3.8, 4) is 0 Å². The number of nitrogens with two attached hydrogens (primary N) is 1. The average Bonchev–Trinajstić information content (AvgIpc) is 2.80. The summed E-state index contributed by atoms with van der Waals surface area (Å²) in [5.41, 5.74) is 7.57. The Morgan fingerprint density at radius 1 is 1.43 bits per heavy atom. The summed E-state index contributed by atoms with van der Waals surface area (Å²) in [5.74, 6) is -0.524. The van der Waals surface area contributed by atoms with Gasteiger partial charge >= 0.3 is 0 Å². The summed E-state index contributed by atoms with van der Waals surface area (Å²) in [6.45, 7) is 4.59. The van der Waals surface area contributed by atoms with E-state index in [0.717, 1.165) is 18.5 Å². The summed E-state index contributed by atoms with van der Waals surface area (Å²) in [6, 6.07) is 7.59. The summed E-state index contributed by atoms with van der Waals surface area (Å²) in [7, 11) is 0. The number of hydrogen-bond donors (Lipinski definition) is 2. The van der Waals surface area contributed by atoms with E-state index in [1.54, 1.807) is 24.4 Å². The third kappa shape index (κ3) is 3.62. The van der Waals surface area contributed by atoms with Gasteiger partial charge in [-0.15, -0.1) is 0 Å². The minimum Gasteiger partial charge on any atom is -0.397 e. The highest BCUT2D eigenvalue weighted by molar-refractivity contribution is 5.94. The number of nitrogen functional groups attached to an aromatic ring is 1. The van der Waals surface area contributed by atoms with Crippen LogP contribution < -0.4 is 11.1 Å². The van der Waals surface area contributed by atoms with Crippen LogP contribution in [0.1, 0.15) is 42.4 Å². The molecule has 0 spiro atoms. The maximum atomic E-state index is 13.2. The predicted octanol–water partition coefficient (Wildman–Crippen LogP) is 3.11. The molecule has 0 saturated carbocycles. The van der Waals surface area contributed by atoms with Gasteiger partial charge in [-0.05, 0) is 37.1 Å². The number of carbonyl (C=O) groups is 1. The maximum Gasteiger partial charge on any atom is 0.268 e. The molecule has 5 heteroatoms. The molecule has 1 unspecified atom stereocenters. The zero-order valence-corrected chi connectivity index (χ0v) is 12.3. The van der Waals surface area contributed by atoms with Crippen LogP contribution in [-0.2, 0) is 6.54 Å². The van der Waals surface area contributed by atoms with Crippen LogP contribution in [-0.4, -0.2) is 10.5 Å². The zero-order chi connectivity index (χ0) is 15.4. The molecule has 1 aromatic carbocycles. The van der Waals surface area contributed by atoms with Gasteiger partial charge in [-0.3, -0.25) is 4.79 Å². The quantitative estimate of drug-likeness (QED) is 0.888. The molecule has 1 atom stereocenters. The van der Waals surface area contributed by atoms with Crippen LogP contribution in [0.2, 0.25) is 0 Å². The van der Waals surface area contributed by atoms with Gasteiger partial charge in [0.15, 0.2) is 0 Å². The molecule has 0 saturated heterocycles. The number of hydrogen-bond acceptors (Lipinski definition) is 2. The molecule has 2 aromatic rings. The lowest BCUT2D eigenvalue weighted by Crippen LogP contribution is -2.28. The highest BCUT2D eigenvalue weighted by atomic mass is 19.1. The molecule has 0 aliphatic carbocycles. The fourth-order valence-electron chi connectivity index (χ4n) is 2.28. The van der Waals surface area contributed by atoms with E-state index in [-0.39, 0.29) is 17.8 Å². The first-order chi connectivity index (χ1) is 10.0. The Morgan fingerprint density at radius 2 is 2.19 bits per heavy atom. The van der Waals surface area contributed by atoms with E-state index in [2.05, 4.69) is 5.32 Å². The maximum absolute atomic E-state index is 13.2. The van der Waals surface area contributed by atoms with Gasteiger partial charge in [0.1, 0.15) is 11.5 Å². The van der Waals surface area contributed by atoms with Gasteiger partial charge in [-0.1, -0.05) is 19.1 Å². The monoisotopic (exact) mass is 289 g/mol. The lowest BCUT2D eigenvalue weighted by Gasteiger charge is -2.15. The normalized spacial score (nSPS) is 12.1. The fraction of sp³-hybridized carbons (Fsp3) is 0.312. The van der Waals surface area contributed by atoms with Crippen molar-refractivity contribution >= 4 is 11.6 Å². The SMILES string of the molecule is CCCn1cc(N)cc1C(=O)NC(C)c1cccc(F)c1. The van der Waals surface area contributed by atoms with Gasteiger partial charge in [-0.2, -0.15) is 0 Å². The molecule has 2 rings (SSSR count). The first-order valence-corrected chi connectivity index (χ1v) is 7.03. The summed E-state index contributed by atoms with van der Waals surface area (Å²) in [6.07, 6.45) is 2.67.